The molecule has 1 spiro atoms. The summed E-state index contributed by atoms with van der Waals surface area (Å²) in [6.07, 6.45) is -6.89. The molecule has 3 heterocycles. The minimum Gasteiger partial charge on any atom is -0.462 e. The van der Waals surface area contributed by atoms with E-state index >= 15 is 0 Å². The van der Waals surface area contributed by atoms with Crippen molar-refractivity contribution in [2.75, 3.05) is 24.6 Å². The Balaban J connectivity index is 1.42. The van der Waals surface area contributed by atoms with Crippen molar-refractivity contribution < 1.29 is 39.4 Å². The first kappa shape index (κ1) is 26.1. The fourth-order valence-electron chi connectivity index (χ4n) is 5.88. The van der Waals surface area contributed by atoms with Crippen molar-refractivity contribution in [2.24, 2.45) is 0 Å². The Bertz CT molecular complexity index is 1360. The van der Waals surface area contributed by atoms with Crippen LogP contribution in [0.25, 0.3) is 0 Å². The first-order valence-electron chi connectivity index (χ1n) is 13.3. The second-order valence-corrected chi connectivity index (χ2v) is 10.1. The first-order chi connectivity index (χ1) is 18.9. The molecule has 0 bridgehead atoms. The zero-order chi connectivity index (χ0) is 27.3. The van der Waals surface area contributed by atoms with Crippen molar-refractivity contribution in [3.63, 3.8) is 0 Å². The van der Waals surface area contributed by atoms with Crippen LogP contribution in [0.2, 0.25) is 0 Å². The molecular weight excluding hydrogens is 502 g/mol. The molecule has 9 heteroatoms. The van der Waals surface area contributed by atoms with Crippen molar-refractivity contribution in [2.45, 2.75) is 56.8 Å². The average Bonchev–Trinajstić information content (AvgIpc) is 3.34. The van der Waals surface area contributed by atoms with Crippen LogP contribution in [-0.2, 0) is 21.7 Å². The second kappa shape index (κ2) is 10.1. The molecule has 1 unspecified atom stereocenters. The molecule has 6 rings (SSSR count). The smallest absolute Gasteiger partial charge is 0.229 e. The molecule has 4 N–H and O–H groups in total. The Morgan fingerprint density at radius 3 is 2.33 bits per heavy atom. The number of nitrogens with zero attached hydrogens (tertiary/aromatic N) is 1. The van der Waals surface area contributed by atoms with E-state index in [0.29, 0.717) is 23.9 Å². The summed E-state index contributed by atoms with van der Waals surface area (Å²) in [6.45, 7) is 5.85. The van der Waals surface area contributed by atoms with Crippen molar-refractivity contribution >= 4 is 5.69 Å². The number of hydrogen-bond donors (Lipinski definition) is 4. The van der Waals surface area contributed by atoms with Gasteiger partial charge in [0.1, 0.15) is 41.7 Å². The van der Waals surface area contributed by atoms with E-state index in [1.807, 2.05) is 24.3 Å². The molecule has 1 saturated heterocycles. The van der Waals surface area contributed by atoms with E-state index in [0.717, 1.165) is 41.0 Å². The van der Waals surface area contributed by atoms with Crippen LogP contribution in [0.3, 0.4) is 0 Å². The minimum absolute atomic E-state index is 0.322. The molecule has 0 aliphatic carbocycles. The Morgan fingerprint density at radius 1 is 0.872 bits per heavy atom. The van der Waals surface area contributed by atoms with Gasteiger partial charge in [0, 0.05) is 42.0 Å². The minimum atomic E-state index is -1.54. The first-order valence-corrected chi connectivity index (χ1v) is 13.3. The molecule has 0 aromatic heterocycles. The van der Waals surface area contributed by atoms with Crippen molar-refractivity contribution in [3.05, 3.63) is 82.9 Å². The van der Waals surface area contributed by atoms with Crippen LogP contribution in [0, 0.1) is 0 Å². The zero-order valence-electron chi connectivity index (χ0n) is 21.9. The molecular formula is C30H33NO8. The Hall–Kier alpha value is -3.18. The molecule has 6 atom stereocenters. The predicted molar refractivity (Wildman–Crippen MR) is 142 cm³/mol. The van der Waals surface area contributed by atoms with Gasteiger partial charge in [0.2, 0.25) is 6.29 Å². The lowest BCUT2D eigenvalue weighted by Crippen LogP contribution is -2.60. The van der Waals surface area contributed by atoms with Crippen LogP contribution in [-0.4, -0.2) is 70.8 Å². The van der Waals surface area contributed by atoms with Gasteiger partial charge in [0.15, 0.2) is 5.60 Å². The molecule has 3 aliphatic rings. The fraction of sp³-hybridized carbons (Fsp3) is 0.400. The topological polar surface area (TPSA) is 121 Å². The fourth-order valence-corrected chi connectivity index (χ4v) is 5.88. The molecule has 0 radical (unpaired) electrons. The van der Waals surface area contributed by atoms with Gasteiger partial charge in [-0.25, -0.2) is 0 Å². The van der Waals surface area contributed by atoms with Crippen LogP contribution < -0.4 is 14.4 Å². The highest BCUT2D eigenvalue weighted by Gasteiger charge is 2.50. The van der Waals surface area contributed by atoms with E-state index in [2.05, 4.69) is 43.0 Å². The standard InChI is InChI=1S/C30H33NO8/c1-3-31(4-2)18-9-11-21-23(13-18)38-24-14-19(37-29-28(35)27(34)26(33)25(15-32)39-29)10-12-22(24)30(21)20-8-6-5-7-17(20)16-36-30/h5-14,25-29,32-35H,3-4,15-16H2,1-2H3/t25-,26+,27+,28-,29-,30?/m1/s1. The summed E-state index contributed by atoms with van der Waals surface area (Å²) in [7, 11) is 0. The van der Waals surface area contributed by atoms with Gasteiger partial charge in [-0.15, -0.1) is 0 Å². The maximum absolute atomic E-state index is 10.5. The lowest BCUT2D eigenvalue weighted by atomic mass is 9.77. The molecule has 0 amide bonds. The molecule has 3 aliphatic heterocycles. The summed E-state index contributed by atoms with van der Waals surface area (Å²) in [5.41, 5.74) is 4.05. The van der Waals surface area contributed by atoms with Crippen LogP contribution in [0.15, 0.2) is 60.7 Å². The van der Waals surface area contributed by atoms with E-state index in [9.17, 15) is 20.4 Å². The Kier molecular flexibility index (Phi) is 6.74. The highest BCUT2D eigenvalue weighted by molar-refractivity contribution is 5.67. The second-order valence-electron chi connectivity index (χ2n) is 10.1. The molecule has 206 valence electrons. The lowest BCUT2D eigenvalue weighted by molar-refractivity contribution is -0.277. The third kappa shape index (κ3) is 4.09. The number of fused-ring (bicyclic) bond motifs is 6. The van der Waals surface area contributed by atoms with Crippen LogP contribution in [0.4, 0.5) is 5.69 Å². The van der Waals surface area contributed by atoms with Crippen molar-refractivity contribution in [3.8, 4) is 17.2 Å². The third-order valence-corrected chi connectivity index (χ3v) is 7.97. The SMILES string of the molecule is CCN(CC)c1ccc2c(c1)Oc1cc(O[C@@H]3O[C@H](CO)[C@H](O)[C@H](O)[C@H]3O)ccc1C21OCc2ccccc21. The van der Waals surface area contributed by atoms with E-state index in [1.54, 1.807) is 12.1 Å². The maximum atomic E-state index is 10.5. The summed E-state index contributed by atoms with van der Waals surface area (Å²) < 4.78 is 24.6. The Morgan fingerprint density at radius 2 is 1.59 bits per heavy atom. The summed E-state index contributed by atoms with van der Waals surface area (Å²) in [5.74, 6) is 1.52. The van der Waals surface area contributed by atoms with E-state index in [4.69, 9.17) is 18.9 Å². The van der Waals surface area contributed by atoms with Crippen molar-refractivity contribution in [1.29, 1.82) is 0 Å². The predicted octanol–water partition coefficient (Wildman–Crippen LogP) is 2.64. The number of hydrogen-bond acceptors (Lipinski definition) is 9. The van der Waals surface area contributed by atoms with Gasteiger partial charge in [0.25, 0.3) is 0 Å². The lowest BCUT2D eigenvalue weighted by Gasteiger charge is -2.40. The van der Waals surface area contributed by atoms with E-state index in [1.165, 1.54) is 0 Å². The van der Waals surface area contributed by atoms with E-state index < -0.39 is 42.9 Å². The highest BCUT2D eigenvalue weighted by atomic mass is 16.7. The van der Waals surface area contributed by atoms with E-state index in [-0.39, 0.29) is 0 Å². The quantitative estimate of drug-likeness (QED) is 0.378. The number of aliphatic hydroxyl groups excluding tert-OH is 4. The normalized spacial score (nSPS) is 28.8. The summed E-state index contributed by atoms with van der Waals surface area (Å²) in [4.78, 5) is 2.24. The van der Waals surface area contributed by atoms with Crippen LogP contribution >= 0.6 is 0 Å². The summed E-state index contributed by atoms with van der Waals surface area (Å²) >= 11 is 0. The van der Waals surface area contributed by atoms with Gasteiger partial charge in [-0.1, -0.05) is 24.3 Å². The monoisotopic (exact) mass is 535 g/mol. The molecule has 39 heavy (non-hydrogen) atoms. The summed E-state index contributed by atoms with van der Waals surface area (Å²) in [5, 5.41) is 40.3. The third-order valence-electron chi connectivity index (χ3n) is 7.97. The van der Waals surface area contributed by atoms with Gasteiger partial charge >= 0.3 is 0 Å². The van der Waals surface area contributed by atoms with Gasteiger partial charge in [-0.05, 0) is 49.2 Å². The maximum Gasteiger partial charge on any atom is 0.229 e. The van der Waals surface area contributed by atoms with Crippen LogP contribution in [0.5, 0.6) is 17.2 Å². The van der Waals surface area contributed by atoms with Gasteiger partial charge in [-0.2, -0.15) is 0 Å². The summed E-state index contributed by atoms with van der Waals surface area (Å²) in [6, 6.07) is 19.7. The van der Waals surface area contributed by atoms with Crippen LogP contribution in [0.1, 0.15) is 36.1 Å². The number of ether oxygens (including phenoxy) is 4. The zero-order valence-corrected chi connectivity index (χ0v) is 21.9. The van der Waals surface area contributed by atoms with Gasteiger partial charge in [-0.3, -0.25) is 0 Å². The van der Waals surface area contributed by atoms with Gasteiger partial charge in [0.05, 0.1) is 13.2 Å². The molecule has 3 aromatic carbocycles. The molecule has 9 nitrogen and oxygen atoms in total. The number of benzene rings is 3. The highest BCUT2D eigenvalue weighted by Crippen LogP contribution is 2.57. The Labute approximate surface area is 226 Å². The molecule has 3 aromatic rings. The average molecular weight is 536 g/mol. The molecule has 1 fully saturated rings. The number of aliphatic hydroxyl groups is 4. The number of rotatable bonds is 6. The van der Waals surface area contributed by atoms with Gasteiger partial charge < -0.3 is 44.3 Å². The largest absolute Gasteiger partial charge is 0.462 e. The number of anilines is 1. The van der Waals surface area contributed by atoms with Crippen molar-refractivity contribution in [1.82, 2.24) is 0 Å². The molecule has 0 saturated carbocycles.